The highest BCUT2D eigenvalue weighted by molar-refractivity contribution is 5.91. The molecule has 1 heterocycles. The molecule has 1 aromatic carbocycles. The highest BCUT2D eigenvalue weighted by Gasteiger charge is 2.09. The first-order valence-electron chi connectivity index (χ1n) is 8.51. The first kappa shape index (κ1) is 19.3. The van der Waals surface area contributed by atoms with Crippen molar-refractivity contribution in [2.75, 3.05) is 0 Å². The smallest absolute Gasteiger partial charge is 0.263 e. The lowest BCUT2D eigenvalue weighted by atomic mass is 10.1. The van der Waals surface area contributed by atoms with Gasteiger partial charge in [0.15, 0.2) is 0 Å². The van der Waals surface area contributed by atoms with Gasteiger partial charge in [0.2, 0.25) is 5.78 Å². The zero-order valence-corrected chi connectivity index (χ0v) is 14.4. The highest BCUT2D eigenvalue weighted by atomic mass is 19.1. The Hall–Kier alpha value is -3.07. The van der Waals surface area contributed by atoms with Gasteiger partial charge in [0, 0.05) is 12.6 Å². The van der Waals surface area contributed by atoms with Gasteiger partial charge in [-0.1, -0.05) is 25.0 Å². The largest absolute Gasteiger partial charge is 0.442 e. The van der Waals surface area contributed by atoms with Gasteiger partial charge in [-0.05, 0) is 43.0 Å². The van der Waals surface area contributed by atoms with Crippen LogP contribution in [0.25, 0.3) is 0 Å². The van der Waals surface area contributed by atoms with E-state index in [9.17, 15) is 9.18 Å². The van der Waals surface area contributed by atoms with Gasteiger partial charge in [-0.15, -0.1) is 0 Å². The second-order valence-electron chi connectivity index (χ2n) is 5.72. The van der Waals surface area contributed by atoms with Crippen LogP contribution >= 0.6 is 0 Å². The number of nitriles is 1. The number of halogens is 1. The Morgan fingerprint density at radius 2 is 2.00 bits per heavy atom. The number of nitrogens with zero attached hydrogens (tertiary/aromatic N) is 3. The molecule has 0 aliphatic rings. The number of Topliss-reactive ketones (excluding diaryl/α,β-unsaturated/α-hetero) is 1. The van der Waals surface area contributed by atoms with Crippen molar-refractivity contribution in [3.05, 3.63) is 65.8 Å². The van der Waals surface area contributed by atoms with Crippen molar-refractivity contribution < 1.29 is 13.6 Å². The molecule has 0 radical (unpaired) electrons. The fraction of sp³-hybridized carbons (Fsp3) is 0.300. The number of hydrogen-bond acceptors (Lipinski definition) is 5. The van der Waals surface area contributed by atoms with Crippen LogP contribution in [0.4, 0.5) is 4.39 Å². The fourth-order valence-electron chi connectivity index (χ4n) is 2.31. The normalized spacial score (nSPS) is 11.6. The van der Waals surface area contributed by atoms with Gasteiger partial charge >= 0.3 is 0 Å². The summed E-state index contributed by atoms with van der Waals surface area (Å²) in [5, 5.41) is 9.10. The van der Waals surface area contributed by atoms with E-state index in [-0.39, 0.29) is 17.5 Å². The number of rotatable bonds is 10. The van der Waals surface area contributed by atoms with Crippen LogP contribution in [0.1, 0.15) is 54.8 Å². The van der Waals surface area contributed by atoms with Crippen molar-refractivity contribution in [2.24, 2.45) is 4.99 Å². The van der Waals surface area contributed by atoms with Crippen LogP contribution in [0.5, 0.6) is 0 Å². The lowest BCUT2D eigenvalue weighted by molar-refractivity contribution is 0.0945. The molecular weight excluding hydrogens is 333 g/mol. The number of unbranched alkanes of at least 4 members (excludes halogenated alkanes) is 4. The predicted molar refractivity (Wildman–Crippen MR) is 96.2 cm³/mol. The highest BCUT2D eigenvalue weighted by Crippen LogP contribution is 2.10. The van der Waals surface area contributed by atoms with E-state index in [0.29, 0.717) is 12.1 Å². The Morgan fingerprint density at radius 1 is 1.23 bits per heavy atom. The summed E-state index contributed by atoms with van der Waals surface area (Å²) in [5.41, 5.74) is 1.08. The van der Waals surface area contributed by atoms with Gasteiger partial charge in [-0.2, -0.15) is 5.26 Å². The monoisotopic (exact) mass is 353 g/mol. The number of carbonyl (C=O) groups is 1. The van der Waals surface area contributed by atoms with Crippen LogP contribution in [0, 0.1) is 17.1 Å². The Bertz CT molecular complexity index is 787. The van der Waals surface area contributed by atoms with Crippen LogP contribution in [0.2, 0.25) is 0 Å². The van der Waals surface area contributed by atoms with Crippen molar-refractivity contribution in [1.29, 1.82) is 5.26 Å². The maximum absolute atomic E-state index is 12.8. The molecule has 1 aromatic heterocycles. The van der Waals surface area contributed by atoms with Crippen LogP contribution in [0.3, 0.4) is 0 Å². The number of benzene rings is 1. The minimum atomic E-state index is -0.305. The summed E-state index contributed by atoms with van der Waals surface area (Å²) in [7, 11) is 0. The summed E-state index contributed by atoms with van der Waals surface area (Å²) >= 11 is 0. The van der Waals surface area contributed by atoms with Gasteiger partial charge in [-0.3, -0.25) is 4.79 Å². The molecule has 0 saturated heterocycles. The first-order valence-corrected chi connectivity index (χ1v) is 8.51. The molecule has 0 amide bonds. The van der Waals surface area contributed by atoms with E-state index in [1.54, 1.807) is 24.4 Å². The van der Waals surface area contributed by atoms with Crippen LogP contribution < -0.4 is 0 Å². The minimum absolute atomic E-state index is 0.0724. The molecule has 0 unspecified atom stereocenters. The van der Waals surface area contributed by atoms with Gasteiger partial charge in [-0.25, -0.2) is 14.4 Å². The molecule has 0 atom stereocenters. The van der Waals surface area contributed by atoms with Crippen LogP contribution in [-0.2, 0) is 0 Å². The summed E-state index contributed by atoms with van der Waals surface area (Å²) in [6, 6.07) is 7.95. The Labute approximate surface area is 151 Å². The van der Waals surface area contributed by atoms with E-state index in [0.717, 1.165) is 37.7 Å². The number of carbonyl (C=O) groups excluding carboxylic acids is 1. The minimum Gasteiger partial charge on any atom is -0.442 e. The summed E-state index contributed by atoms with van der Waals surface area (Å²) in [5.74, 6) is -0.206. The second-order valence-corrected chi connectivity index (χ2v) is 5.72. The number of aliphatic imine (C=N–C) groups is 1. The van der Waals surface area contributed by atoms with Gasteiger partial charge in [0.25, 0.3) is 5.89 Å². The topological polar surface area (TPSA) is 79.2 Å². The number of ketones is 1. The average molecular weight is 353 g/mol. The van der Waals surface area contributed by atoms with E-state index in [1.165, 1.54) is 24.6 Å². The van der Waals surface area contributed by atoms with Gasteiger partial charge < -0.3 is 4.42 Å². The lowest BCUT2D eigenvalue weighted by Gasteiger charge is -1.98. The molecule has 2 rings (SSSR count). The van der Waals surface area contributed by atoms with Crippen molar-refractivity contribution >= 4 is 12.0 Å². The average Bonchev–Trinajstić information content (AvgIpc) is 3.19. The summed E-state index contributed by atoms with van der Waals surface area (Å²) in [6.07, 6.45) is 11.0. The molecule has 134 valence electrons. The van der Waals surface area contributed by atoms with Crippen molar-refractivity contribution in [3.8, 4) is 6.07 Å². The molecule has 0 aliphatic carbocycles. The molecule has 0 fully saturated rings. The third kappa shape index (κ3) is 6.81. The molecular formula is C20H20FN3O2. The molecule has 5 nitrogen and oxygen atoms in total. The number of aromatic nitrogens is 1. The van der Waals surface area contributed by atoms with E-state index in [4.69, 9.17) is 9.68 Å². The SMILES string of the molecule is N#CC(=CCCCCCCC(=O)c1ncco1)N=Cc1ccc(F)cc1. The molecule has 2 aromatic rings. The van der Waals surface area contributed by atoms with Crippen LogP contribution in [-0.4, -0.2) is 17.0 Å². The quantitative estimate of drug-likeness (QED) is 0.264. The first-order chi connectivity index (χ1) is 12.7. The predicted octanol–water partition coefficient (Wildman–Crippen LogP) is 4.86. The third-order valence-corrected chi connectivity index (χ3v) is 3.70. The van der Waals surface area contributed by atoms with E-state index >= 15 is 0 Å². The summed E-state index contributed by atoms with van der Waals surface area (Å²) in [4.78, 5) is 19.6. The molecule has 0 N–H and O–H groups in total. The van der Waals surface area contributed by atoms with E-state index in [1.807, 2.05) is 6.07 Å². The maximum atomic E-state index is 12.8. The van der Waals surface area contributed by atoms with Crippen molar-refractivity contribution in [3.63, 3.8) is 0 Å². The number of hydrogen-bond donors (Lipinski definition) is 0. The maximum Gasteiger partial charge on any atom is 0.263 e. The summed E-state index contributed by atoms with van der Waals surface area (Å²) < 4.78 is 17.8. The third-order valence-electron chi connectivity index (χ3n) is 3.70. The van der Waals surface area contributed by atoms with Crippen LogP contribution in [0.15, 0.2) is 57.9 Å². The Balaban J connectivity index is 1.64. The Kier molecular flexibility index (Phi) is 7.94. The number of oxazole rings is 1. The van der Waals surface area contributed by atoms with Crippen molar-refractivity contribution in [1.82, 2.24) is 4.98 Å². The summed E-state index contributed by atoms with van der Waals surface area (Å²) in [6.45, 7) is 0. The molecule has 6 heteroatoms. The van der Waals surface area contributed by atoms with E-state index < -0.39 is 0 Å². The fourth-order valence-corrected chi connectivity index (χ4v) is 2.31. The second kappa shape index (κ2) is 10.7. The molecule has 0 saturated carbocycles. The van der Waals surface area contributed by atoms with E-state index in [2.05, 4.69) is 9.98 Å². The molecule has 0 aliphatic heterocycles. The molecule has 0 bridgehead atoms. The van der Waals surface area contributed by atoms with Crippen molar-refractivity contribution in [2.45, 2.75) is 38.5 Å². The standard InChI is InChI=1S/C20H20FN3O2/c21-17-10-8-16(9-11-17)15-24-18(14-22)6-4-2-1-3-5-7-19(25)20-23-12-13-26-20/h6,8-13,15H,1-5,7H2. The number of allylic oxidation sites excluding steroid dienone is 2. The van der Waals surface area contributed by atoms with Gasteiger partial charge in [0.1, 0.15) is 23.8 Å². The lowest BCUT2D eigenvalue weighted by Crippen LogP contribution is -1.98. The Morgan fingerprint density at radius 3 is 2.69 bits per heavy atom. The van der Waals surface area contributed by atoms with Gasteiger partial charge in [0.05, 0.1) is 6.20 Å². The zero-order valence-electron chi connectivity index (χ0n) is 14.4. The molecule has 0 spiro atoms. The zero-order chi connectivity index (χ0) is 18.6. The molecule has 26 heavy (non-hydrogen) atoms.